The maximum absolute atomic E-state index is 11.2. The molecular weight excluding hydrogens is 592 g/mol. The van der Waals surface area contributed by atoms with Crippen molar-refractivity contribution in [3.05, 3.63) is 0 Å². The van der Waals surface area contributed by atoms with Crippen molar-refractivity contribution in [2.45, 2.75) is 26.2 Å². The van der Waals surface area contributed by atoms with Crippen LogP contribution in [0, 0.1) is 0 Å². The first-order valence-corrected chi connectivity index (χ1v) is 19.3. The van der Waals surface area contributed by atoms with E-state index in [2.05, 4.69) is 45.6 Å². The summed E-state index contributed by atoms with van der Waals surface area (Å²) in [4.78, 5) is 24.2. The lowest BCUT2D eigenvalue weighted by atomic mass is 10.4. The van der Waals surface area contributed by atoms with E-state index in [4.69, 9.17) is 0 Å². The third-order valence-electron chi connectivity index (χ3n) is 8.19. The molecule has 0 bridgehead atoms. The zero-order valence-electron chi connectivity index (χ0n) is 28.4. The summed E-state index contributed by atoms with van der Waals surface area (Å²) in [5, 5.41) is 0. The SMILES string of the molecule is CC(=O)N1CCCN(C)CC1.CN1CCCN(C)CC1.CN1CCCN(S(C)(=O)=O)CC1.CN1CCN(S(C)(=O)=O)CC1. The molecule has 43 heavy (non-hydrogen) atoms. The monoisotopic (exact) mass is 654 g/mol. The van der Waals surface area contributed by atoms with Crippen LogP contribution >= 0.6 is 0 Å². The molecule has 0 aliphatic carbocycles. The number of hydrogen-bond acceptors (Lipinski definition) is 10. The number of amides is 1. The number of hydrogen-bond donors (Lipinski definition) is 0. The van der Waals surface area contributed by atoms with E-state index in [0.717, 1.165) is 65.2 Å². The van der Waals surface area contributed by atoms with Crippen LogP contribution in [0.5, 0.6) is 0 Å². The molecule has 0 aromatic rings. The van der Waals surface area contributed by atoms with E-state index in [1.807, 2.05) is 19.0 Å². The lowest BCUT2D eigenvalue weighted by molar-refractivity contribution is -0.128. The predicted octanol–water partition coefficient (Wildman–Crippen LogP) is -0.799. The van der Waals surface area contributed by atoms with Crippen molar-refractivity contribution in [1.29, 1.82) is 0 Å². The van der Waals surface area contributed by atoms with Crippen molar-refractivity contribution >= 4 is 26.0 Å². The van der Waals surface area contributed by atoms with Gasteiger partial charge in [-0.1, -0.05) is 0 Å². The zero-order chi connectivity index (χ0) is 32.6. The first kappa shape index (κ1) is 40.1. The highest BCUT2D eigenvalue weighted by Crippen LogP contribution is 2.05. The fourth-order valence-corrected chi connectivity index (χ4v) is 6.71. The van der Waals surface area contributed by atoms with Crippen LogP contribution in [0.2, 0.25) is 0 Å². The van der Waals surface area contributed by atoms with Gasteiger partial charge in [0.1, 0.15) is 0 Å². The molecule has 1 amide bonds. The maximum Gasteiger partial charge on any atom is 0.219 e. The van der Waals surface area contributed by atoms with Gasteiger partial charge in [0.25, 0.3) is 0 Å². The molecule has 4 aliphatic heterocycles. The average Bonchev–Trinajstić information content (AvgIpc) is 3.36. The lowest BCUT2D eigenvalue weighted by Crippen LogP contribution is -2.46. The Morgan fingerprint density at radius 1 is 0.419 bits per heavy atom. The van der Waals surface area contributed by atoms with E-state index < -0.39 is 20.0 Å². The normalized spacial score (nSPS) is 23.7. The smallest absolute Gasteiger partial charge is 0.219 e. The third kappa shape index (κ3) is 18.6. The van der Waals surface area contributed by atoms with Crippen LogP contribution in [0.1, 0.15) is 26.2 Å². The molecule has 0 spiro atoms. The third-order valence-corrected chi connectivity index (χ3v) is 10.8. The number of sulfonamides is 2. The van der Waals surface area contributed by atoms with Gasteiger partial charge in [0, 0.05) is 85.5 Å². The van der Waals surface area contributed by atoms with Gasteiger partial charge in [-0.3, -0.25) is 4.79 Å². The Bertz CT molecular complexity index is 983. The van der Waals surface area contributed by atoms with Crippen molar-refractivity contribution in [3.8, 4) is 0 Å². The van der Waals surface area contributed by atoms with Gasteiger partial charge in [-0.25, -0.2) is 21.1 Å². The molecule has 0 aromatic carbocycles. The predicted molar refractivity (Wildman–Crippen MR) is 176 cm³/mol. The fourth-order valence-electron chi connectivity index (χ4n) is 5.01. The van der Waals surface area contributed by atoms with Gasteiger partial charge in [-0.2, -0.15) is 4.31 Å². The fraction of sp³-hybridized carbons (Fsp3) is 0.964. The van der Waals surface area contributed by atoms with Crippen LogP contribution < -0.4 is 0 Å². The number of carbonyl (C=O) groups is 1. The molecule has 4 rings (SSSR count). The van der Waals surface area contributed by atoms with Gasteiger partial charge in [0.15, 0.2) is 0 Å². The number of likely N-dealkylation sites (N-methyl/N-ethyl adjacent to an activating group) is 5. The molecule has 4 fully saturated rings. The number of piperazine rings is 1. The second-order valence-electron chi connectivity index (χ2n) is 12.4. The summed E-state index contributed by atoms with van der Waals surface area (Å²) in [6.45, 7) is 16.7. The maximum atomic E-state index is 11.2. The lowest BCUT2D eigenvalue weighted by Gasteiger charge is -2.30. The summed E-state index contributed by atoms with van der Waals surface area (Å²) in [6, 6.07) is 0. The molecule has 0 N–H and O–H groups in total. The zero-order valence-corrected chi connectivity index (χ0v) is 30.0. The molecule has 0 atom stereocenters. The summed E-state index contributed by atoms with van der Waals surface area (Å²) < 4.78 is 47.4. The average molecular weight is 655 g/mol. The number of carbonyl (C=O) groups excluding carboxylic acids is 1. The van der Waals surface area contributed by atoms with Gasteiger partial charge in [-0.15, -0.1) is 0 Å². The van der Waals surface area contributed by atoms with Gasteiger partial charge in [0.2, 0.25) is 26.0 Å². The summed E-state index contributed by atoms with van der Waals surface area (Å²) in [5.74, 6) is 0.209. The minimum atomic E-state index is -2.97. The second kappa shape index (κ2) is 20.3. The molecule has 0 unspecified atom stereocenters. The van der Waals surface area contributed by atoms with Gasteiger partial charge in [-0.05, 0) is 80.7 Å². The van der Waals surface area contributed by atoms with Crippen LogP contribution in [-0.4, -0.2) is 213 Å². The van der Waals surface area contributed by atoms with E-state index in [1.54, 1.807) is 11.2 Å². The summed E-state index contributed by atoms with van der Waals surface area (Å²) in [6.07, 6.45) is 5.91. The van der Waals surface area contributed by atoms with Crippen LogP contribution in [0.15, 0.2) is 0 Å². The Labute approximate surface area is 263 Å². The Kier molecular flexibility index (Phi) is 18.9. The Morgan fingerprint density at radius 2 is 0.698 bits per heavy atom. The highest BCUT2D eigenvalue weighted by Gasteiger charge is 2.21. The van der Waals surface area contributed by atoms with Crippen molar-refractivity contribution in [2.75, 3.05) is 152 Å². The Morgan fingerprint density at radius 3 is 1.07 bits per heavy atom. The topological polar surface area (TPSA) is 111 Å². The first-order valence-electron chi connectivity index (χ1n) is 15.6. The van der Waals surface area contributed by atoms with Crippen molar-refractivity contribution in [3.63, 3.8) is 0 Å². The van der Waals surface area contributed by atoms with Crippen molar-refractivity contribution in [2.24, 2.45) is 0 Å². The first-order chi connectivity index (χ1) is 20.0. The quantitative estimate of drug-likeness (QED) is 0.376. The standard InChI is InChI=1S/C8H16N2O.C7H16N2O2S.C7H16N2.C6H14N2O2S/c1-8(11)10-5-3-4-9(2)6-7-10;1-8-4-3-5-9(7-6-8)12(2,10)11;1-8-4-3-5-9(2)7-6-8;1-7-3-5-8(6-4-7)11(2,9)10/h3-7H2,1-2H3;3-7H2,1-2H3;3-7H2,1-2H3;3-6H2,1-2H3. The summed E-state index contributed by atoms with van der Waals surface area (Å²) in [5.41, 5.74) is 0. The number of rotatable bonds is 2. The Balaban J connectivity index is 0.000000288. The second-order valence-corrected chi connectivity index (χ2v) is 16.4. The van der Waals surface area contributed by atoms with Crippen LogP contribution in [0.25, 0.3) is 0 Å². The summed E-state index contributed by atoms with van der Waals surface area (Å²) >= 11 is 0. The molecule has 256 valence electrons. The van der Waals surface area contributed by atoms with Crippen molar-refractivity contribution in [1.82, 2.24) is 38.0 Å². The van der Waals surface area contributed by atoms with Crippen LogP contribution in [-0.2, 0) is 24.8 Å². The van der Waals surface area contributed by atoms with E-state index in [-0.39, 0.29) is 5.91 Å². The molecule has 0 aromatic heterocycles. The Hall–Kier alpha value is -0.910. The van der Waals surface area contributed by atoms with E-state index in [0.29, 0.717) is 26.2 Å². The molecule has 4 aliphatic rings. The highest BCUT2D eigenvalue weighted by molar-refractivity contribution is 7.88. The molecule has 0 saturated carbocycles. The molecule has 0 radical (unpaired) electrons. The van der Waals surface area contributed by atoms with Gasteiger partial charge >= 0.3 is 0 Å². The van der Waals surface area contributed by atoms with Crippen molar-refractivity contribution < 1.29 is 21.6 Å². The van der Waals surface area contributed by atoms with Gasteiger partial charge < -0.3 is 29.4 Å². The number of nitrogens with zero attached hydrogens (tertiary/aromatic N) is 8. The largest absolute Gasteiger partial charge is 0.342 e. The minimum absolute atomic E-state index is 0.209. The minimum Gasteiger partial charge on any atom is -0.342 e. The van der Waals surface area contributed by atoms with Crippen LogP contribution in [0.3, 0.4) is 0 Å². The molecule has 13 nitrogen and oxygen atoms in total. The molecule has 15 heteroatoms. The van der Waals surface area contributed by atoms with Crippen LogP contribution in [0.4, 0.5) is 0 Å². The van der Waals surface area contributed by atoms with Gasteiger partial charge in [0.05, 0.1) is 12.5 Å². The van der Waals surface area contributed by atoms with E-state index in [1.165, 1.54) is 49.4 Å². The highest BCUT2D eigenvalue weighted by atomic mass is 32.2. The van der Waals surface area contributed by atoms with E-state index >= 15 is 0 Å². The molecule has 4 heterocycles. The molecular formula is C28H62N8O5S2. The molecule has 4 saturated heterocycles. The van der Waals surface area contributed by atoms with E-state index in [9.17, 15) is 21.6 Å². The summed E-state index contributed by atoms with van der Waals surface area (Å²) in [7, 11) is 4.60.